The molecule has 3 rings (SSSR count). The molecule has 2 aromatic rings. The Kier molecular flexibility index (Phi) is 6.57. The number of rotatable bonds is 7. The van der Waals surface area contributed by atoms with Gasteiger partial charge < -0.3 is 15.4 Å². The molecule has 1 heterocycles. The number of benzene rings is 2. The molecule has 2 unspecified atom stereocenters. The number of ether oxygens (including phenoxy) is 1. The van der Waals surface area contributed by atoms with Crippen LogP contribution in [0.4, 0.5) is 4.79 Å². The molecule has 0 spiro atoms. The minimum Gasteiger partial charge on any atom is -0.497 e. The highest BCUT2D eigenvalue weighted by Gasteiger charge is 2.49. The van der Waals surface area contributed by atoms with Gasteiger partial charge in [0.1, 0.15) is 17.8 Å². The van der Waals surface area contributed by atoms with Crippen LogP contribution in [0.1, 0.15) is 51.3 Å². The lowest BCUT2D eigenvalue weighted by atomic mass is 9.85. The maximum absolute atomic E-state index is 13.1. The summed E-state index contributed by atoms with van der Waals surface area (Å²) in [5, 5.41) is 5.74. The topological polar surface area (TPSA) is 87.7 Å². The summed E-state index contributed by atoms with van der Waals surface area (Å²) in [5.74, 6) is -0.198. The highest BCUT2D eigenvalue weighted by atomic mass is 16.5. The lowest BCUT2D eigenvalue weighted by molar-refractivity contribution is -0.135. The third-order valence-electron chi connectivity index (χ3n) is 5.60. The maximum Gasteiger partial charge on any atom is 0.325 e. The Bertz CT molecular complexity index is 982. The van der Waals surface area contributed by atoms with E-state index in [9.17, 15) is 14.4 Å². The normalized spacial score (nSPS) is 19.5. The van der Waals surface area contributed by atoms with Crippen molar-refractivity contribution in [3.8, 4) is 5.75 Å². The van der Waals surface area contributed by atoms with Gasteiger partial charge in [-0.3, -0.25) is 14.5 Å². The van der Waals surface area contributed by atoms with Crippen molar-refractivity contribution in [3.05, 3.63) is 65.7 Å². The van der Waals surface area contributed by atoms with Gasteiger partial charge in [0.25, 0.3) is 5.91 Å². The fourth-order valence-corrected chi connectivity index (χ4v) is 3.89. The predicted octanol–water partition coefficient (Wildman–Crippen LogP) is 3.76. The van der Waals surface area contributed by atoms with Gasteiger partial charge in [-0.1, -0.05) is 63.2 Å². The van der Waals surface area contributed by atoms with Gasteiger partial charge in [0.05, 0.1) is 13.2 Å². The number of carbonyl (C=O) groups excluding carboxylic acids is 3. The molecule has 0 aromatic heterocycles. The lowest BCUT2D eigenvalue weighted by Gasteiger charge is -2.28. The first-order valence-electron chi connectivity index (χ1n) is 10.7. The summed E-state index contributed by atoms with van der Waals surface area (Å²) < 4.78 is 5.16. The van der Waals surface area contributed by atoms with Crippen LogP contribution in [0, 0.1) is 5.41 Å². The third-order valence-corrected chi connectivity index (χ3v) is 5.60. The van der Waals surface area contributed by atoms with Gasteiger partial charge in [-0.2, -0.15) is 0 Å². The number of carbonyl (C=O) groups is 3. The van der Waals surface area contributed by atoms with E-state index in [1.807, 2.05) is 30.3 Å². The number of urea groups is 1. The SMILES string of the molecule is COc1ccc(C2(C)NC(=O)N(CC(=O)NC(CC(C)(C)C)c3ccccc3)C2=O)cc1. The number of methoxy groups -OCH3 is 1. The van der Waals surface area contributed by atoms with Crippen LogP contribution in [0.3, 0.4) is 0 Å². The Morgan fingerprint density at radius 2 is 1.72 bits per heavy atom. The number of nitrogens with one attached hydrogen (secondary N) is 2. The van der Waals surface area contributed by atoms with E-state index < -0.39 is 17.5 Å². The van der Waals surface area contributed by atoms with Crippen LogP contribution >= 0.6 is 0 Å². The number of nitrogens with zero attached hydrogens (tertiary/aromatic N) is 1. The van der Waals surface area contributed by atoms with E-state index in [4.69, 9.17) is 4.74 Å². The maximum atomic E-state index is 13.1. The highest BCUT2D eigenvalue weighted by Crippen LogP contribution is 2.31. The first kappa shape index (κ1) is 23.3. The molecule has 1 fully saturated rings. The average Bonchev–Trinajstić information content (AvgIpc) is 2.97. The largest absolute Gasteiger partial charge is 0.497 e. The highest BCUT2D eigenvalue weighted by molar-refractivity contribution is 6.09. The molecule has 2 aromatic carbocycles. The molecule has 2 atom stereocenters. The van der Waals surface area contributed by atoms with Crippen LogP contribution in [0.2, 0.25) is 0 Å². The van der Waals surface area contributed by atoms with E-state index in [1.54, 1.807) is 38.3 Å². The fourth-order valence-electron chi connectivity index (χ4n) is 3.89. The van der Waals surface area contributed by atoms with E-state index in [0.29, 0.717) is 17.7 Å². The van der Waals surface area contributed by atoms with E-state index in [1.165, 1.54) is 0 Å². The predicted molar refractivity (Wildman–Crippen MR) is 122 cm³/mol. The van der Waals surface area contributed by atoms with Crippen molar-refractivity contribution in [2.24, 2.45) is 5.41 Å². The van der Waals surface area contributed by atoms with Gasteiger partial charge in [-0.05, 0) is 42.0 Å². The first-order valence-corrected chi connectivity index (χ1v) is 10.7. The van der Waals surface area contributed by atoms with E-state index in [-0.39, 0.29) is 23.9 Å². The molecular weight excluding hydrogens is 406 g/mol. The molecule has 32 heavy (non-hydrogen) atoms. The molecule has 1 aliphatic heterocycles. The number of hydrogen-bond donors (Lipinski definition) is 2. The number of imide groups is 1. The summed E-state index contributed by atoms with van der Waals surface area (Å²) >= 11 is 0. The summed E-state index contributed by atoms with van der Waals surface area (Å²) in [6.07, 6.45) is 0.715. The van der Waals surface area contributed by atoms with Crippen molar-refractivity contribution >= 4 is 17.8 Å². The Balaban J connectivity index is 1.74. The van der Waals surface area contributed by atoms with Crippen molar-refractivity contribution in [2.75, 3.05) is 13.7 Å². The van der Waals surface area contributed by atoms with Gasteiger partial charge in [0.15, 0.2) is 0 Å². The molecule has 2 N–H and O–H groups in total. The van der Waals surface area contributed by atoms with Gasteiger partial charge in [0.2, 0.25) is 5.91 Å². The van der Waals surface area contributed by atoms with Gasteiger partial charge in [0, 0.05) is 0 Å². The van der Waals surface area contributed by atoms with E-state index in [2.05, 4.69) is 31.4 Å². The minimum atomic E-state index is -1.24. The van der Waals surface area contributed by atoms with Crippen LogP contribution in [-0.4, -0.2) is 36.4 Å². The monoisotopic (exact) mass is 437 g/mol. The molecule has 0 aliphatic carbocycles. The molecule has 0 saturated carbocycles. The summed E-state index contributed by atoms with van der Waals surface area (Å²) in [7, 11) is 1.56. The van der Waals surface area contributed by atoms with Crippen molar-refractivity contribution < 1.29 is 19.1 Å². The van der Waals surface area contributed by atoms with Crippen molar-refractivity contribution in [1.82, 2.24) is 15.5 Å². The molecular formula is C25H31N3O4. The molecule has 0 radical (unpaired) electrons. The first-order chi connectivity index (χ1) is 15.0. The summed E-state index contributed by atoms with van der Waals surface area (Å²) in [6, 6.07) is 15.8. The standard InChI is InChI=1S/C25H31N3O4/c1-24(2,3)15-20(17-9-7-6-8-10-17)26-21(29)16-28-22(30)25(4,27-23(28)31)18-11-13-19(32-5)14-12-18/h6-14,20H,15-16H2,1-5H3,(H,26,29)(H,27,31). The Morgan fingerprint density at radius 1 is 1.09 bits per heavy atom. The minimum absolute atomic E-state index is 0.0262. The van der Waals surface area contributed by atoms with Crippen LogP contribution in [0.25, 0.3) is 0 Å². The number of hydrogen-bond acceptors (Lipinski definition) is 4. The smallest absolute Gasteiger partial charge is 0.325 e. The van der Waals surface area contributed by atoms with Crippen molar-refractivity contribution in [2.45, 2.75) is 45.7 Å². The van der Waals surface area contributed by atoms with E-state index >= 15 is 0 Å². The summed E-state index contributed by atoms with van der Waals surface area (Å²) in [4.78, 5) is 39.6. The van der Waals surface area contributed by atoms with E-state index in [0.717, 1.165) is 10.5 Å². The second-order valence-corrected chi connectivity index (χ2v) is 9.47. The molecule has 1 saturated heterocycles. The summed E-state index contributed by atoms with van der Waals surface area (Å²) in [5.41, 5.74) is 0.334. The molecule has 7 heteroatoms. The molecule has 0 bridgehead atoms. The summed E-state index contributed by atoms with van der Waals surface area (Å²) in [6.45, 7) is 7.61. The third kappa shape index (κ3) is 5.10. The number of amides is 4. The average molecular weight is 438 g/mol. The van der Waals surface area contributed by atoms with Crippen molar-refractivity contribution in [3.63, 3.8) is 0 Å². The molecule has 4 amide bonds. The van der Waals surface area contributed by atoms with Crippen molar-refractivity contribution in [1.29, 1.82) is 0 Å². The lowest BCUT2D eigenvalue weighted by Crippen LogP contribution is -2.44. The molecule has 170 valence electrons. The Hall–Kier alpha value is -3.35. The van der Waals surface area contributed by atoms with Crippen LogP contribution < -0.4 is 15.4 Å². The zero-order valence-electron chi connectivity index (χ0n) is 19.3. The van der Waals surface area contributed by atoms with Crippen LogP contribution in [-0.2, 0) is 15.1 Å². The van der Waals surface area contributed by atoms with Crippen LogP contribution in [0.5, 0.6) is 5.75 Å². The second kappa shape index (κ2) is 9.02. The van der Waals surface area contributed by atoms with Gasteiger partial charge in [-0.15, -0.1) is 0 Å². The van der Waals surface area contributed by atoms with Gasteiger partial charge in [-0.25, -0.2) is 4.79 Å². The zero-order valence-corrected chi connectivity index (χ0v) is 19.3. The second-order valence-electron chi connectivity index (χ2n) is 9.47. The van der Waals surface area contributed by atoms with Gasteiger partial charge >= 0.3 is 6.03 Å². The molecule has 7 nitrogen and oxygen atoms in total. The zero-order chi connectivity index (χ0) is 23.5. The molecule has 1 aliphatic rings. The van der Waals surface area contributed by atoms with Crippen LogP contribution in [0.15, 0.2) is 54.6 Å². The Labute approximate surface area is 189 Å². The quantitative estimate of drug-likeness (QED) is 0.646. The Morgan fingerprint density at radius 3 is 2.28 bits per heavy atom. The fraction of sp³-hybridized carbons (Fsp3) is 0.400.